The molecule has 0 saturated carbocycles. The van der Waals surface area contributed by atoms with E-state index in [0.717, 1.165) is 20.2 Å². The number of aromatic nitrogens is 2. The molecular weight excluding hydrogens is 609 g/mol. The Morgan fingerprint density at radius 3 is 2.24 bits per heavy atom. The number of carbonyl (C=O) groups is 3. The molecule has 212 valence electrons. The van der Waals surface area contributed by atoms with Gasteiger partial charge in [0.15, 0.2) is 6.10 Å². The van der Waals surface area contributed by atoms with Crippen molar-refractivity contribution in [3.8, 4) is 0 Å². The fourth-order valence-corrected chi connectivity index (χ4v) is 8.42. The van der Waals surface area contributed by atoms with E-state index in [9.17, 15) is 14.4 Å². The number of β-lactam (4-membered cyclic amide) rings is 1. The summed E-state index contributed by atoms with van der Waals surface area (Å²) in [5, 5.41) is 6.37. The summed E-state index contributed by atoms with van der Waals surface area (Å²) in [6.07, 6.45) is 0.961. The zero-order valence-corrected chi connectivity index (χ0v) is 25.3. The predicted molar refractivity (Wildman–Crippen MR) is 166 cm³/mol. The quantitative estimate of drug-likeness (QED) is 0.141. The number of rotatable bonds is 10. The summed E-state index contributed by atoms with van der Waals surface area (Å²) in [5.41, 5.74) is 1.83. The van der Waals surface area contributed by atoms with Gasteiger partial charge >= 0.3 is 5.97 Å². The lowest BCUT2D eigenvalue weighted by Crippen LogP contribution is -2.70. The molecule has 2 atom stereocenters. The summed E-state index contributed by atoms with van der Waals surface area (Å²) in [6, 6.07) is 27.9. The number of hydrogen-bond donors (Lipinski definition) is 1. The molecule has 4 aromatic rings. The van der Waals surface area contributed by atoms with E-state index < -0.39 is 23.5 Å². The standard InChI is InChI=1S/C30H24N4O4S4/c35-23(18-39-21-14-8-3-9-15-21)32-25-28(36)34-26(22(17-40-29(25)34)41-24-16-31-33-42-24)30(37)38-27(19-10-4-1-5-11-19)20-12-6-2-7-13-20/h1-16,25,27,29H,17-18H2,(H,32,35)/t25-,29+/m1/s1. The van der Waals surface area contributed by atoms with Crippen LogP contribution in [0, 0.1) is 0 Å². The van der Waals surface area contributed by atoms with Crippen molar-refractivity contribution in [3.05, 3.63) is 119 Å². The topological polar surface area (TPSA) is 101 Å². The molecule has 0 bridgehead atoms. The Hall–Kier alpha value is -3.58. The van der Waals surface area contributed by atoms with Gasteiger partial charge in [0.25, 0.3) is 5.91 Å². The van der Waals surface area contributed by atoms with E-state index >= 15 is 0 Å². The summed E-state index contributed by atoms with van der Waals surface area (Å²) in [6.45, 7) is 0. The molecular formula is C30H24N4O4S4. The number of amides is 2. The van der Waals surface area contributed by atoms with Crippen LogP contribution in [-0.4, -0.2) is 55.2 Å². The first kappa shape index (κ1) is 28.5. The van der Waals surface area contributed by atoms with Crippen LogP contribution in [0.3, 0.4) is 0 Å². The number of carbonyl (C=O) groups excluding carboxylic acids is 3. The van der Waals surface area contributed by atoms with Crippen molar-refractivity contribution >= 4 is 64.6 Å². The Balaban J connectivity index is 1.24. The lowest BCUT2D eigenvalue weighted by Gasteiger charge is -2.49. The van der Waals surface area contributed by atoms with Gasteiger partial charge in [0.2, 0.25) is 5.91 Å². The van der Waals surface area contributed by atoms with E-state index in [4.69, 9.17) is 4.74 Å². The molecule has 0 aliphatic carbocycles. The molecule has 8 nitrogen and oxygen atoms in total. The first-order valence-corrected chi connectivity index (χ1v) is 16.6. The lowest BCUT2D eigenvalue weighted by molar-refractivity contribution is -0.154. The van der Waals surface area contributed by atoms with Crippen molar-refractivity contribution < 1.29 is 19.1 Å². The molecule has 2 aliphatic rings. The van der Waals surface area contributed by atoms with E-state index in [0.29, 0.717) is 10.7 Å². The molecule has 3 heterocycles. The average molecular weight is 633 g/mol. The van der Waals surface area contributed by atoms with Crippen LogP contribution in [-0.2, 0) is 19.1 Å². The third kappa shape index (κ3) is 6.26. The number of nitrogens with zero attached hydrogens (tertiary/aromatic N) is 3. The SMILES string of the molecule is O=C(CSc1ccccc1)N[C@@H]1C(=O)N2C(C(=O)OC(c3ccccc3)c3ccccc3)=C(Sc3cnns3)CS[C@@H]12. The Labute approximate surface area is 259 Å². The Bertz CT molecular complexity index is 1550. The molecule has 1 fully saturated rings. The maximum Gasteiger partial charge on any atom is 0.356 e. The molecule has 6 rings (SSSR count). The van der Waals surface area contributed by atoms with Crippen LogP contribution < -0.4 is 5.32 Å². The average Bonchev–Trinajstić information content (AvgIpc) is 3.55. The Morgan fingerprint density at radius 1 is 0.976 bits per heavy atom. The van der Waals surface area contributed by atoms with Crippen molar-refractivity contribution in [2.24, 2.45) is 0 Å². The molecule has 0 spiro atoms. The van der Waals surface area contributed by atoms with Gasteiger partial charge in [-0.15, -0.1) is 28.6 Å². The van der Waals surface area contributed by atoms with Crippen LogP contribution in [0.15, 0.2) is 117 Å². The van der Waals surface area contributed by atoms with E-state index in [1.165, 1.54) is 51.7 Å². The second-order valence-electron chi connectivity index (χ2n) is 9.27. The van der Waals surface area contributed by atoms with Gasteiger partial charge in [-0.2, -0.15) is 0 Å². The number of nitrogens with one attached hydrogen (secondary N) is 1. The molecule has 1 N–H and O–H groups in total. The summed E-state index contributed by atoms with van der Waals surface area (Å²) in [4.78, 5) is 43.4. The Morgan fingerprint density at radius 2 is 1.62 bits per heavy atom. The van der Waals surface area contributed by atoms with E-state index in [1.807, 2.05) is 91.0 Å². The minimum atomic E-state index is -0.725. The van der Waals surface area contributed by atoms with Gasteiger partial charge in [0, 0.05) is 15.6 Å². The first-order chi connectivity index (χ1) is 20.6. The van der Waals surface area contributed by atoms with Crippen molar-refractivity contribution in [2.75, 3.05) is 11.5 Å². The van der Waals surface area contributed by atoms with Gasteiger partial charge in [0.1, 0.15) is 21.3 Å². The van der Waals surface area contributed by atoms with Gasteiger partial charge in [-0.05, 0) is 34.8 Å². The van der Waals surface area contributed by atoms with Gasteiger partial charge in [-0.3, -0.25) is 14.5 Å². The number of fused-ring (bicyclic) bond motifs is 1. The molecule has 0 unspecified atom stereocenters. The number of thioether (sulfide) groups is 3. The normalized spacial score (nSPS) is 17.9. The second kappa shape index (κ2) is 13.2. The van der Waals surface area contributed by atoms with Crippen LogP contribution >= 0.6 is 46.8 Å². The number of hydrogen-bond acceptors (Lipinski definition) is 10. The summed E-state index contributed by atoms with van der Waals surface area (Å²) >= 11 is 5.48. The summed E-state index contributed by atoms with van der Waals surface area (Å²) < 4.78 is 10.9. The van der Waals surface area contributed by atoms with Crippen LogP contribution in [0.4, 0.5) is 0 Å². The second-order valence-corrected chi connectivity index (χ2v) is 13.6. The van der Waals surface area contributed by atoms with Crippen LogP contribution in [0.2, 0.25) is 0 Å². The van der Waals surface area contributed by atoms with Gasteiger partial charge in [-0.25, -0.2) is 4.79 Å². The predicted octanol–water partition coefficient (Wildman–Crippen LogP) is 5.37. The minimum Gasteiger partial charge on any atom is -0.448 e. The van der Waals surface area contributed by atoms with Gasteiger partial charge in [-0.1, -0.05) is 95.1 Å². The minimum absolute atomic E-state index is 0.186. The van der Waals surface area contributed by atoms with E-state index in [1.54, 1.807) is 6.20 Å². The number of esters is 1. The van der Waals surface area contributed by atoms with Gasteiger partial charge < -0.3 is 10.1 Å². The number of benzene rings is 3. The fourth-order valence-electron chi connectivity index (χ4n) is 4.61. The zero-order valence-electron chi connectivity index (χ0n) is 22.0. The summed E-state index contributed by atoms with van der Waals surface area (Å²) in [5.74, 6) is -0.525. The fraction of sp³-hybridized carbons (Fsp3) is 0.167. The monoisotopic (exact) mass is 632 g/mol. The highest BCUT2D eigenvalue weighted by Gasteiger charge is 2.54. The summed E-state index contributed by atoms with van der Waals surface area (Å²) in [7, 11) is 0. The molecule has 0 radical (unpaired) electrons. The highest BCUT2D eigenvalue weighted by Crippen LogP contribution is 2.46. The van der Waals surface area contributed by atoms with Crippen molar-refractivity contribution in [1.29, 1.82) is 0 Å². The van der Waals surface area contributed by atoms with Crippen LogP contribution in [0.5, 0.6) is 0 Å². The van der Waals surface area contributed by atoms with Crippen molar-refractivity contribution in [2.45, 2.75) is 26.6 Å². The maximum absolute atomic E-state index is 14.0. The largest absolute Gasteiger partial charge is 0.448 e. The van der Waals surface area contributed by atoms with Crippen molar-refractivity contribution in [1.82, 2.24) is 19.8 Å². The highest BCUT2D eigenvalue weighted by molar-refractivity contribution is 8.07. The smallest absolute Gasteiger partial charge is 0.356 e. The van der Waals surface area contributed by atoms with E-state index in [2.05, 4.69) is 14.9 Å². The molecule has 42 heavy (non-hydrogen) atoms. The molecule has 12 heteroatoms. The molecule has 2 amide bonds. The maximum atomic E-state index is 14.0. The molecule has 1 aromatic heterocycles. The zero-order chi connectivity index (χ0) is 28.9. The lowest BCUT2D eigenvalue weighted by atomic mass is 10.0. The van der Waals surface area contributed by atoms with Crippen LogP contribution in [0.25, 0.3) is 0 Å². The third-order valence-corrected chi connectivity index (χ3v) is 10.9. The van der Waals surface area contributed by atoms with E-state index in [-0.39, 0.29) is 23.3 Å². The Kier molecular flexibility index (Phi) is 8.94. The number of ether oxygens (including phenoxy) is 1. The molecule has 3 aromatic carbocycles. The van der Waals surface area contributed by atoms with Crippen molar-refractivity contribution in [3.63, 3.8) is 0 Å². The third-order valence-electron chi connectivity index (χ3n) is 6.55. The first-order valence-electron chi connectivity index (χ1n) is 13.0. The molecule has 1 saturated heterocycles. The van der Waals surface area contributed by atoms with Crippen LogP contribution in [0.1, 0.15) is 17.2 Å². The molecule has 2 aliphatic heterocycles. The highest BCUT2D eigenvalue weighted by atomic mass is 32.2. The van der Waals surface area contributed by atoms with Gasteiger partial charge in [0.05, 0.1) is 11.9 Å².